The summed E-state index contributed by atoms with van der Waals surface area (Å²) in [6.45, 7) is 0.558. The van der Waals surface area contributed by atoms with Crippen LogP contribution in [0, 0.1) is 0 Å². The standard InChI is InChI=1S/C17H20ClNO2/c1-20-16-7-6-13(10-17(16)21-2)14(11-19)8-12-4-3-5-15(18)9-12/h3-7,9-10,14H,8,11,19H2,1-2H3. The smallest absolute Gasteiger partial charge is 0.160 e. The summed E-state index contributed by atoms with van der Waals surface area (Å²) < 4.78 is 10.6. The molecule has 112 valence electrons. The lowest BCUT2D eigenvalue weighted by atomic mass is 9.92. The summed E-state index contributed by atoms with van der Waals surface area (Å²) in [5.74, 6) is 1.66. The molecule has 0 aliphatic rings. The van der Waals surface area contributed by atoms with Crippen molar-refractivity contribution >= 4 is 11.6 Å². The monoisotopic (exact) mass is 305 g/mol. The summed E-state index contributed by atoms with van der Waals surface area (Å²) in [5, 5.41) is 0.746. The minimum absolute atomic E-state index is 0.211. The van der Waals surface area contributed by atoms with Gasteiger partial charge in [-0.1, -0.05) is 29.8 Å². The van der Waals surface area contributed by atoms with Gasteiger partial charge in [0.05, 0.1) is 14.2 Å². The van der Waals surface area contributed by atoms with Crippen molar-refractivity contribution < 1.29 is 9.47 Å². The van der Waals surface area contributed by atoms with E-state index >= 15 is 0 Å². The van der Waals surface area contributed by atoms with Gasteiger partial charge in [0.2, 0.25) is 0 Å². The number of benzene rings is 2. The lowest BCUT2D eigenvalue weighted by molar-refractivity contribution is 0.354. The quantitative estimate of drug-likeness (QED) is 0.886. The Morgan fingerprint density at radius 2 is 1.81 bits per heavy atom. The molecular formula is C17H20ClNO2. The maximum Gasteiger partial charge on any atom is 0.160 e. The van der Waals surface area contributed by atoms with E-state index in [1.165, 1.54) is 5.56 Å². The molecule has 0 saturated carbocycles. The number of hydrogen-bond donors (Lipinski definition) is 1. The minimum Gasteiger partial charge on any atom is -0.493 e. The van der Waals surface area contributed by atoms with Crippen molar-refractivity contribution in [2.45, 2.75) is 12.3 Å². The van der Waals surface area contributed by atoms with Crippen LogP contribution in [0.3, 0.4) is 0 Å². The lowest BCUT2D eigenvalue weighted by Gasteiger charge is -2.17. The molecule has 0 aromatic heterocycles. The van der Waals surface area contributed by atoms with Crippen LogP contribution >= 0.6 is 11.6 Å². The van der Waals surface area contributed by atoms with Gasteiger partial charge in [0.15, 0.2) is 11.5 Å². The maximum absolute atomic E-state index is 6.04. The molecule has 2 aromatic rings. The second-order valence-electron chi connectivity index (χ2n) is 4.88. The highest BCUT2D eigenvalue weighted by Gasteiger charge is 2.14. The van der Waals surface area contributed by atoms with Gasteiger partial charge in [-0.25, -0.2) is 0 Å². The van der Waals surface area contributed by atoms with Gasteiger partial charge in [-0.15, -0.1) is 0 Å². The summed E-state index contributed by atoms with van der Waals surface area (Å²) in [7, 11) is 3.26. The summed E-state index contributed by atoms with van der Waals surface area (Å²) in [5.41, 5.74) is 8.26. The maximum atomic E-state index is 6.04. The Kier molecular flexibility index (Phi) is 5.48. The summed E-state index contributed by atoms with van der Waals surface area (Å²) in [6, 6.07) is 13.8. The second-order valence-corrected chi connectivity index (χ2v) is 5.32. The van der Waals surface area contributed by atoms with Gasteiger partial charge >= 0.3 is 0 Å². The van der Waals surface area contributed by atoms with Gasteiger partial charge in [0.25, 0.3) is 0 Å². The fourth-order valence-electron chi connectivity index (χ4n) is 2.39. The van der Waals surface area contributed by atoms with Crippen molar-refractivity contribution in [1.82, 2.24) is 0 Å². The zero-order chi connectivity index (χ0) is 15.2. The second kappa shape index (κ2) is 7.34. The Bertz CT molecular complexity index is 601. The van der Waals surface area contributed by atoms with Gasteiger partial charge in [-0.2, -0.15) is 0 Å². The van der Waals surface area contributed by atoms with Crippen molar-refractivity contribution in [1.29, 1.82) is 0 Å². The zero-order valence-electron chi connectivity index (χ0n) is 12.3. The molecule has 1 unspecified atom stereocenters. The van der Waals surface area contributed by atoms with E-state index in [2.05, 4.69) is 6.07 Å². The average Bonchev–Trinajstić information content (AvgIpc) is 2.52. The Balaban J connectivity index is 2.25. The number of rotatable bonds is 6. The van der Waals surface area contributed by atoms with Crippen molar-refractivity contribution in [3.05, 3.63) is 58.6 Å². The number of halogens is 1. The van der Waals surface area contributed by atoms with Crippen LogP contribution in [0.5, 0.6) is 11.5 Å². The molecule has 4 heteroatoms. The predicted molar refractivity (Wildman–Crippen MR) is 86.5 cm³/mol. The van der Waals surface area contributed by atoms with Gasteiger partial charge in [0, 0.05) is 10.9 Å². The molecule has 1 atom stereocenters. The molecule has 21 heavy (non-hydrogen) atoms. The first kappa shape index (κ1) is 15.7. The fraction of sp³-hybridized carbons (Fsp3) is 0.294. The normalized spacial score (nSPS) is 12.0. The number of nitrogens with two attached hydrogens (primary N) is 1. The van der Waals surface area contributed by atoms with Gasteiger partial charge in [0.1, 0.15) is 0 Å². The van der Waals surface area contributed by atoms with Crippen LogP contribution in [0.4, 0.5) is 0 Å². The van der Waals surface area contributed by atoms with Crippen molar-refractivity contribution in [2.75, 3.05) is 20.8 Å². The van der Waals surface area contributed by atoms with Crippen LogP contribution in [0.1, 0.15) is 17.0 Å². The van der Waals surface area contributed by atoms with Crippen LogP contribution in [-0.4, -0.2) is 20.8 Å². The van der Waals surface area contributed by atoms with Crippen molar-refractivity contribution in [2.24, 2.45) is 5.73 Å². The summed E-state index contributed by atoms with van der Waals surface area (Å²) >= 11 is 6.04. The first-order chi connectivity index (χ1) is 10.2. The molecule has 3 nitrogen and oxygen atoms in total. The molecule has 0 saturated heterocycles. The Labute approximate surface area is 130 Å². The van der Waals surface area contributed by atoms with Gasteiger partial charge in [-0.3, -0.25) is 0 Å². The van der Waals surface area contributed by atoms with E-state index < -0.39 is 0 Å². The number of hydrogen-bond acceptors (Lipinski definition) is 3. The topological polar surface area (TPSA) is 44.5 Å². The number of ether oxygens (including phenoxy) is 2. The van der Waals surface area contributed by atoms with E-state index in [0.29, 0.717) is 6.54 Å². The van der Waals surface area contributed by atoms with E-state index in [-0.39, 0.29) is 5.92 Å². The van der Waals surface area contributed by atoms with Crippen LogP contribution < -0.4 is 15.2 Å². The van der Waals surface area contributed by atoms with Gasteiger partial charge < -0.3 is 15.2 Å². The summed E-state index contributed by atoms with van der Waals surface area (Å²) in [4.78, 5) is 0. The molecule has 0 fully saturated rings. The van der Waals surface area contributed by atoms with E-state index in [1.54, 1.807) is 14.2 Å². The number of methoxy groups -OCH3 is 2. The molecule has 0 spiro atoms. The van der Waals surface area contributed by atoms with E-state index in [9.17, 15) is 0 Å². The molecule has 0 aliphatic heterocycles. The van der Waals surface area contributed by atoms with Crippen molar-refractivity contribution in [3.8, 4) is 11.5 Å². The Morgan fingerprint density at radius 3 is 2.43 bits per heavy atom. The van der Waals surface area contributed by atoms with Crippen LogP contribution in [0.15, 0.2) is 42.5 Å². The largest absolute Gasteiger partial charge is 0.493 e. The third-order valence-corrected chi connectivity index (χ3v) is 3.77. The molecule has 0 amide bonds. The average molecular weight is 306 g/mol. The minimum atomic E-state index is 0.211. The molecule has 0 radical (unpaired) electrons. The highest BCUT2D eigenvalue weighted by Crippen LogP contribution is 2.31. The third-order valence-electron chi connectivity index (χ3n) is 3.53. The van der Waals surface area contributed by atoms with Crippen molar-refractivity contribution in [3.63, 3.8) is 0 Å². The van der Waals surface area contributed by atoms with E-state index in [1.807, 2.05) is 36.4 Å². The lowest BCUT2D eigenvalue weighted by Crippen LogP contribution is -2.15. The summed E-state index contributed by atoms with van der Waals surface area (Å²) in [6.07, 6.45) is 0.840. The molecule has 2 N–H and O–H groups in total. The molecule has 0 heterocycles. The zero-order valence-corrected chi connectivity index (χ0v) is 13.1. The fourth-order valence-corrected chi connectivity index (χ4v) is 2.61. The molecule has 2 rings (SSSR count). The predicted octanol–water partition coefficient (Wildman–Crippen LogP) is 3.64. The van der Waals surface area contributed by atoms with E-state index in [0.717, 1.165) is 28.5 Å². The molecule has 2 aromatic carbocycles. The van der Waals surface area contributed by atoms with Crippen LogP contribution in [0.2, 0.25) is 5.02 Å². The Hall–Kier alpha value is -1.71. The highest BCUT2D eigenvalue weighted by molar-refractivity contribution is 6.30. The SMILES string of the molecule is COc1ccc(C(CN)Cc2cccc(Cl)c2)cc1OC. The first-order valence-corrected chi connectivity index (χ1v) is 7.22. The van der Waals surface area contributed by atoms with Crippen LogP contribution in [-0.2, 0) is 6.42 Å². The third kappa shape index (κ3) is 3.90. The Morgan fingerprint density at radius 1 is 1.05 bits per heavy atom. The van der Waals surface area contributed by atoms with E-state index in [4.69, 9.17) is 26.8 Å². The van der Waals surface area contributed by atoms with Crippen LogP contribution in [0.25, 0.3) is 0 Å². The highest BCUT2D eigenvalue weighted by atomic mass is 35.5. The molecule has 0 aliphatic carbocycles. The van der Waals surface area contributed by atoms with Gasteiger partial charge in [-0.05, 0) is 48.4 Å². The molecular weight excluding hydrogens is 286 g/mol. The molecule has 0 bridgehead atoms. The first-order valence-electron chi connectivity index (χ1n) is 6.84.